The molecule has 0 aromatic rings. The molecular formula is C9H17N. The predicted molar refractivity (Wildman–Crippen MR) is 49.7 cm³/mol. The van der Waals surface area contributed by atoms with E-state index in [2.05, 4.69) is 39.5 Å². The molecule has 58 valence electrons. The zero-order chi connectivity index (χ0) is 9.41. The number of hydrogen-bond acceptors (Lipinski definition) is 1. The summed E-state index contributed by atoms with van der Waals surface area (Å²) in [6.45, 7) is 19.8. The molecule has 10 heavy (non-hydrogen) atoms. The van der Waals surface area contributed by atoms with Crippen LogP contribution in [0.1, 0.15) is 13.3 Å². The SMILES string of the molecule is C=C.C=C.C=C.CCC#N. The Morgan fingerprint density at radius 3 is 1.10 bits per heavy atom. The Morgan fingerprint density at radius 2 is 1.10 bits per heavy atom. The van der Waals surface area contributed by atoms with Gasteiger partial charge in [-0.1, -0.05) is 6.92 Å². The summed E-state index contributed by atoms with van der Waals surface area (Å²) < 4.78 is 0. The molecule has 0 fully saturated rings. The van der Waals surface area contributed by atoms with E-state index < -0.39 is 0 Å². The zero-order valence-corrected chi connectivity index (χ0v) is 6.90. The summed E-state index contributed by atoms with van der Waals surface area (Å²) in [5.74, 6) is 0. The number of rotatable bonds is 0. The van der Waals surface area contributed by atoms with Crippen LogP contribution < -0.4 is 0 Å². The van der Waals surface area contributed by atoms with Crippen LogP contribution in [0.25, 0.3) is 0 Å². The van der Waals surface area contributed by atoms with Gasteiger partial charge in [0.25, 0.3) is 0 Å². The summed E-state index contributed by atoms with van der Waals surface area (Å²) in [4.78, 5) is 0. The standard InChI is InChI=1S/C3H5N.3C2H4/c1-2-3-4;3*1-2/h2H2,1H3;3*1-2H2. The molecule has 0 amide bonds. The third-order valence-electron chi connectivity index (χ3n) is 0.158. The van der Waals surface area contributed by atoms with Crippen molar-refractivity contribution >= 4 is 0 Å². The van der Waals surface area contributed by atoms with Crippen LogP contribution in [0.5, 0.6) is 0 Å². The summed E-state index contributed by atoms with van der Waals surface area (Å²) in [6, 6.07) is 1.93. The first-order chi connectivity index (χ1) is 4.91. The van der Waals surface area contributed by atoms with Crippen LogP contribution in [0.3, 0.4) is 0 Å². The maximum Gasteiger partial charge on any atom is 0.0618 e. The maximum absolute atomic E-state index is 7.62. The third kappa shape index (κ3) is 2600. The van der Waals surface area contributed by atoms with Gasteiger partial charge >= 0.3 is 0 Å². The molecule has 0 spiro atoms. The van der Waals surface area contributed by atoms with E-state index in [0.717, 1.165) is 0 Å². The Labute approximate surface area is 65.0 Å². The fourth-order valence-corrected chi connectivity index (χ4v) is 0. The average Bonchev–Trinajstić information content (AvgIpc) is 2.14. The first kappa shape index (κ1) is 23.3. The van der Waals surface area contributed by atoms with Gasteiger partial charge in [-0.15, -0.1) is 39.5 Å². The van der Waals surface area contributed by atoms with Crippen LogP contribution in [0, 0.1) is 11.3 Å². The quantitative estimate of drug-likeness (QED) is 0.472. The molecule has 1 heteroatoms. The second-order valence-electron chi connectivity index (χ2n) is 0.512. The van der Waals surface area contributed by atoms with E-state index in [4.69, 9.17) is 5.26 Å². The van der Waals surface area contributed by atoms with Crippen molar-refractivity contribution in [3.8, 4) is 6.07 Å². The fourth-order valence-electron chi connectivity index (χ4n) is 0. The van der Waals surface area contributed by atoms with Gasteiger partial charge in [-0.2, -0.15) is 5.26 Å². The van der Waals surface area contributed by atoms with Crippen LogP contribution in [0.4, 0.5) is 0 Å². The Balaban J connectivity index is -0.0000000262. The lowest BCUT2D eigenvalue weighted by Gasteiger charge is -1.47. The van der Waals surface area contributed by atoms with Crippen molar-refractivity contribution in [1.29, 1.82) is 5.26 Å². The highest BCUT2D eigenvalue weighted by Crippen LogP contribution is 1.58. The first-order valence-electron chi connectivity index (χ1n) is 2.78. The minimum atomic E-state index is 0.625. The van der Waals surface area contributed by atoms with Gasteiger partial charge in [-0.25, -0.2) is 0 Å². The number of hydrogen-bond donors (Lipinski definition) is 0. The van der Waals surface area contributed by atoms with Crippen molar-refractivity contribution < 1.29 is 0 Å². The molecule has 0 aliphatic heterocycles. The molecule has 1 nitrogen and oxygen atoms in total. The minimum absolute atomic E-state index is 0.625. The van der Waals surface area contributed by atoms with Crippen molar-refractivity contribution in [2.75, 3.05) is 0 Å². The van der Waals surface area contributed by atoms with E-state index in [9.17, 15) is 0 Å². The third-order valence-corrected chi connectivity index (χ3v) is 0.158. The molecule has 0 heterocycles. The van der Waals surface area contributed by atoms with Crippen molar-refractivity contribution in [2.45, 2.75) is 13.3 Å². The predicted octanol–water partition coefficient (Wildman–Crippen LogP) is 3.33. The molecule has 0 aliphatic rings. The van der Waals surface area contributed by atoms with Crippen molar-refractivity contribution in [3.63, 3.8) is 0 Å². The number of nitriles is 1. The number of nitrogens with zero attached hydrogens (tertiary/aromatic N) is 1. The van der Waals surface area contributed by atoms with Gasteiger partial charge < -0.3 is 0 Å². The van der Waals surface area contributed by atoms with Crippen LogP contribution in [0.2, 0.25) is 0 Å². The fraction of sp³-hybridized carbons (Fsp3) is 0.222. The second kappa shape index (κ2) is 689. The minimum Gasteiger partial charge on any atom is -0.198 e. The van der Waals surface area contributed by atoms with Gasteiger partial charge in [0.1, 0.15) is 0 Å². The first-order valence-corrected chi connectivity index (χ1v) is 2.78. The highest BCUT2D eigenvalue weighted by atomic mass is 14.2. The molecule has 0 saturated heterocycles. The molecule has 0 saturated carbocycles. The molecule has 0 rings (SSSR count). The lowest BCUT2D eigenvalue weighted by atomic mass is 10.6. The van der Waals surface area contributed by atoms with E-state index in [0.29, 0.717) is 6.42 Å². The summed E-state index contributed by atoms with van der Waals surface area (Å²) in [7, 11) is 0. The Morgan fingerprint density at radius 1 is 1.00 bits per heavy atom. The lowest BCUT2D eigenvalue weighted by molar-refractivity contribution is 1.22. The van der Waals surface area contributed by atoms with Crippen LogP contribution >= 0.6 is 0 Å². The molecule has 0 radical (unpaired) electrons. The summed E-state index contributed by atoms with van der Waals surface area (Å²) >= 11 is 0. The Kier molecular flexibility index (Phi) is 1610. The molecule has 0 aliphatic carbocycles. The van der Waals surface area contributed by atoms with Crippen molar-refractivity contribution in [1.82, 2.24) is 0 Å². The van der Waals surface area contributed by atoms with E-state index >= 15 is 0 Å². The molecular weight excluding hydrogens is 122 g/mol. The zero-order valence-electron chi connectivity index (χ0n) is 6.90. The monoisotopic (exact) mass is 139 g/mol. The van der Waals surface area contributed by atoms with Gasteiger partial charge in [0.15, 0.2) is 0 Å². The van der Waals surface area contributed by atoms with Gasteiger partial charge in [0.05, 0.1) is 6.07 Å². The van der Waals surface area contributed by atoms with Crippen LogP contribution in [-0.2, 0) is 0 Å². The van der Waals surface area contributed by atoms with Crippen molar-refractivity contribution in [3.05, 3.63) is 39.5 Å². The molecule has 0 aromatic carbocycles. The van der Waals surface area contributed by atoms with E-state index in [1.54, 1.807) is 0 Å². The summed E-state index contributed by atoms with van der Waals surface area (Å²) in [6.07, 6.45) is 0.625. The second-order valence-corrected chi connectivity index (χ2v) is 0.512. The van der Waals surface area contributed by atoms with Gasteiger partial charge in [0.2, 0.25) is 0 Å². The van der Waals surface area contributed by atoms with E-state index in [1.165, 1.54) is 0 Å². The van der Waals surface area contributed by atoms with E-state index in [1.807, 2.05) is 13.0 Å². The van der Waals surface area contributed by atoms with Crippen LogP contribution in [-0.4, -0.2) is 0 Å². The molecule has 0 atom stereocenters. The summed E-state index contributed by atoms with van der Waals surface area (Å²) in [5.41, 5.74) is 0. The molecule has 0 unspecified atom stereocenters. The molecule has 0 N–H and O–H groups in total. The average molecular weight is 139 g/mol. The normalized spacial score (nSPS) is 3.20. The Hall–Kier alpha value is -1.29. The van der Waals surface area contributed by atoms with Gasteiger partial charge in [0, 0.05) is 6.42 Å². The highest BCUT2D eigenvalue weighted by Gasteiger charge is 1.49. The Bertz CT molecular complexity index is 56.9. The lowest BCUT2D eigenvalue weighted by Crippen LogP contribution is -1.38. The smallest absolute Gasteiger partial charge is 0.0618 e. The highest BCUT2D eigenvalue weighted by molar-refractivity contribution is 4.61. The van der Waals surface area contributed by atoms with Gasteiger partial charge in [-0.3, -0.25) is 0 Å². The van der Waals surface area contributed by atoms with Crippen LogP contribution in [0.15, 0.2) is 39.5 Å². The maximum atomic E-state index is 7.62. The van der Waals surface area contributed by atoms with Crippen molar-refractivity contribution in [2.24, 2.45) is 0 Å². The largest absolute Gasteiger partial charge is 0.198 e. The summed E-state index contributed by atoms with van der Waals surface area (Å²) in [5, 5.41) is 7.62. The molecule has 0 aromatic heterocycles. The van der Waals surface area contributed by atoms with E-state index in [-0.39, 0.29) is 0 Å². The van der Waals surface area contributed by atoms with Gasteiger partial charge in [-0.05, 0) is 0 Å². The molecule has 0 bridgehead atoms. The topological polar surface area (TPSA) is 23.8 Å².